The molecule has 2 aromatic rings. The standard InChI is InChI=1S/C13H13ClN4O2S/c1-7(21-13-17-10(15)6-11(19)18-13)12(20)16-9-4-2-8(14)3-5-9/h2-7H,1H3,(H,16,20)(H3,15,17,18,19)/t7-/m1/s1. The molecule has 4 N–H and O–H groups in total. The van der Waals surface area contributed by atoms with Gasteiger partial charge in [0.1, 0.15) is 5.82 Å². The van der Waals surface area contributed by atoms with Gasteiger partial charge in [0.05, 0.1) is 5.25 Å². The summed E-state index contributed by atoms with van der Waals surface area (Å²) in [5.74, 6) is -0.0982. The van der Waals surface area contributed by atoms with Crippen molar-refractivity contribution in [3.8, 4) is 0 Å². The molecule has 1 aromatic heterocycles. The summed E-state index contributed by atoms with van der Waals surface area (Å²) in [6, 6.07) is 7.97. The number of H-pyrrole nitrogens is 1. The number of thioether (sulfide) groups is 1. The molecule has 0 spiro atoms. The van der Waals surface area contributed by atoms with Crippen LogP contribution in [0.1, 0.15) is 6.92 Å². The number of nitrogens with zero attached hydrogens (tertiary/aromatic N) is 1. The fourth-order valence-corrected chi connectivity index (χ4v) is 2.45. The molecule has 1 heterocycles. The number of amides is 1. The van der Waals surface area contributed by atoms with Crippen molar-refractivity contribution in [2.24, 2.45) is 0 Å². The summed E-state index contributed by atoms with van der Waals surface area (Å²) in [5, 5.41) is 3.19. The van der Waals surface area contributed by atoms with Crippen LogP contribution < -0.4 is 16.6 Å². The van der Waals surface area contributed by atoms with Crippen LogP contribution in [-0.4, -0.2) is 21.1 Å². The van der Waals surface area contributed by atoms with E-state index in [1.807, 2.05) is 0 Å². The monoisotopic (exact) mass is 324 g/mol. The largest absolute Gasteiger partial charge is 0.383 e. The van der Waals surface area contributed by atoms with Gasteiger partial charge in [0.2, 0.25) is 5.91 Å². The lowest BCUT2D eigenvalue weighted by atomic mass is 10.3. The number of benzene rings is 1. The van der Waals surface area contributed by atoms with Gasteiger partial charge < -0.3 is 16.0 Å². The number of aromatic nitrogens is 2. The Morgan fingerprint density at radius 1 is 1.43 bits per heavy atom. The normalized spacial score (nSPS) is 11.9. The van der Waals surface area contributed by atoms with Crippen molar-refractivity contribution in [3.05, 3.63) is 45.7 Å². The molecule has 1 amide bonds. The number of hydrogen-bond donors (Lipinski definition) is 3. The molecule has 0 aliphatic carbocycles. The number of carbonyl (C=O) groups excluding carboxylic acids is 1. The van der Waals surface area contributed by atoms with E-state index in [0.717, 1.165) is 11.8 Å². The molecule has 0 bridgehead atoms. The molecule has 21 heavy (non-hydrogen) atoms. The fourth-order valence-electron chi connectivity index (χ4n) is 1.51. The summed E-state index contributed by atoms with van der Waals surface area (Å²) < 4.78 is 0. The number of nitrogens with one attached hydrogen (secondary N) is 2. The highest BCUT2D eigenvalue weighted by molar-refractivity contribution is 8.00. The van der Waals surface area contributed by atoms with E-state index >= 15 is 0 Å². The second-order valence-electron chi connectivity index (χ2n) is 4.23. The van der Waals surface area contributed by atoms with Gasteiger partial charge in [0.15, 0.2) is 5.16 Å². The first-order valence-corrected chi connectivity index (χ1v) is 7.30. The topological polar surface area (TPSA) is 101 Å². The quantitative estimate of drug-likeness (QED) is 0.590. The molecule has 0 aliphatic heterocycles. The molecule has 0 unspecified atom stereocenters. The Morgan fingerprint density at radius 3 is 2.71 bits per heavy atom. The van der Waals surface area contributed by atoms with E-state index < -0.39 is 5.25 Å². The van der Waals surface area contributed by atoms with Gasteiger partial charge in [-0.05, 0) is 31.2 Å². The Balaban J connectivity index is 2.02. The van der Waals surface area contributed by atoms with Crippen LogP contribution in [0.4, 0.5) is 11.5 Å². The summed E-state index contributed by atoms with van der Waals surface area (Å²) >= 11 is 6.89. The molecule has 0 radical (unpaired) electrons. The number of rotatable bonds is 4. The Morgan fingerprint density at radius 2 is 2.10 bits per heavy atom. The van der Waals surface area contributed by atoms with E-state index in [-0.39, 0.29) is 17.3 Å². The third-order valence-electron chi connectivity index (χ3n) is 2.51. The average Bonchev–Trinajstić information content (AvgIpc) is 2.40. The zero-order chi connectivity index (χ0) is 15.4. The van der Waals surface area contributed by atoms with Gasteiger partial charge in [-0.3, -0.25) is 9.59 Å². The lowest BCUT2D eigenvalue weighted by molar-refractivity contribution is -0.115. The van der Waals surface area contributed by atoms with Crippen molar-refractivity contribution in [2.45, 2.75) is 17.3 Å². The minimum absolute atomic E-state index is 0.117. The second kappa shape index (κ2) is 6.64. The van der Waals surface area contributed by atoms with Gasteiger partial charge >= 0.3 is 0 Å². The molecule has 2 rings (SSSR count). The first-order chi connectivity index (χ1) is 9.94. The molecular formula is C13H13ClN4O2S. The minimum atomic E-state index is -0.453. The van der Waals surface area contributed by atoms with Crippen molar-refractivity contribution in [2.75, 3.05) is 11.1 Å². The van der Waals surface area contributed by atoms with Gasteiger partial charge in [0.25, 0.3) is 5.56 Å². The SMILES string of the molecule is C[C@@H](Sc1nc(N)cc(=O)[nH]1)C(=O)Nc1ccc(Cl)cc1. The molecule has 110 valence electrons. The maximum atomic E-state index is 12.1. The zero-order valence-electron chi connectivity index (χ0n) is 11.1. The Kier molecular flexibility index (Phi) is 4.87. The van der Waals surface area contributed by atoms with Crippen LogP contribution in [0.15, 0.2) is 40.3 Å². The molecule has 6 nitrogen and oxygen atoms in total. The second-order valence-corrected chi connectivity index (χ2v) is 6.00. The van der Waals surface area contributed by atoms with E-state index in [1.54, 1.807) is 31.2 Å². The van der Waals surface area contributed by atoms with Crippen molar-refractivity contribution in [1.82, 2.24) is 9.97 Å². The molecule has 1 aromatic carbocycles. The summed E-state index contributed by atoms with van der Waals surface area (Å²) in [5.41, 5.74) is 5.78. The van der Waals surface area contributed by atoms with Crippen molar-refractivity contribution in [3.63, 3.8) is 0 Å². The molecule has 1 atom stereocenters. The highest BCUT2D eigenvalue weighted by Gasteiger charge is 2.16. The van der Waals surface area contributed by atoms with E-state index in [0.29, 0.717) is 15.9 Å². The first kappa shape index (κ1) is 15.4. The average molecular weight is 325 g/mol. The summed E-state index contributed by atoms with van der Waals surface area (Å²) in [7, 11) is 0. The lowest BCUT2D eigenvalue weighted by Crippen LogP contribution is -2.23. The van der Waals surface area contributed by atoms with Gasteiger partial charge in [-0.15, -0.1) is 0 Å². The van der Waals surface area contributed by atoms with Gasteiger partial charge in [-0.2, -0.15) is 0 Å². The highest BCUT2D eigenvalue weighted by Crippen LogP contribution is 2.21. The van der Waals surface area contributed by atoms with Crippen LogP contribution in [0.2, 0.25) is 5.02 Å². The minimum Gasteiger partial charge on any atom is -0.383 e. The van der Waals surface area contributed by atoms with Crippen LogP contribution in [0.25, 0.3) is 0 Å². The number of anilines is 2. The van der Waals surface area contributed by atoms with Gasteiger partial charge in [0, 0.05) is 16.8 Å². The Labute approximate surface area is 130 Å². The van der Waals surface area contributed by atoms with Crippen molar-refractivity contribution < 1.29 is 4.79 Å². The number of nitrogens with two attached hydrogens (primary N) is 1. The van der Waals surface area contributed by atoms with Crippen LogP contribution in [-0.2, 0) is 4.79 Å². The zero-order valence-corrected chi connectivity index (χ0v) is 12.7. The van der Waals surface area contributed by atoms with E-state index in [1.165, 1.54) is 6.07 Å². The van der Waals surface area contributed by atoms with E-state index in [9.17, 15) is 9.59 Å². The van der Waals surface area contributed by atoms with Crippen LogP contribution in [0.3, 0.4) is 0 Å². The molecule has 0 saturated heterocycles. The third-order valence-corrected chi connectivity index (χ3v) is 3.75. The van der Waals surface area contributed by atoms with Crippen LogP contribution >= 0.6 is 23.4 Å². The smallest absolute Gasteiger partial charge is 0.253 e. The number of hydrogen-bond acceptors (Lipinski definition) is 5. The predicted octanol–water partition coefficient (Wildman–Crippen LogP) is 2.12. The summed E-state index contributed by atoms with van der Waals surface area (Å²) in [4.78, 5) is 29.8. The number of nitrogen functional groups attached to an aromatic ring is 1. The molecule has 0 saturated carbocycles. The first-order valence-electron chi connectivity index (χ1n) is 6.04. The summed E-state index contributed by atoms with van der Waals surface area (Å²) in [6.07, 6.45) is 0. The van der Waals surface area contributed by atoms with Gasteiger partial charge in [-0.25, -0.2) is 4.98 Å². The van der Waals surface area contributed by atoms with E-state index in [2.05, 4.69) is 15.3 Å². The van der Waals surface area contributed by atoms with Crippen molar-refractivity contribution >= 4 is 40.8 Å². The van der Waals surface area contributed by atoms with Gasteiger partial charge in [-0.1, -0.05) is 23.4 Å². The number of halogens is 1. The van der Waals surface area contributed by atoms with Crippen molar-refractivity contribution in [1.29, 1.82) is 0 Å². The third kappa shape index (κ3) is 4.51. The fraction of sp³-hybridized carbons (Fsp3) is 0.154. The Bertz CT molecular complexity index is 702. The molecule has 0 fully saturated rings. The van der Waals surface area contributed by atoms with Crippen LogP contribution in [0.5, 0.6) is 0 Å². The summed E-state index contributed by atoms with van der Waals surface area (Å²) in [6.45, 7) is 1.71. The Hall–Kier alpha value is -1.99. The lowest BCUT2D eigenvalue weighted by Gasteiger charge is -2.11. The number of carbonyl (C=O) groups is 1. The maximum Gasteiger partial charge on any atom is 0.253 e. The highest BCUT2D eigenvalue weighted by atomic mass is 35.5. The van der Waals surface area contributed by atoms with E-state index in [4.69, 9.17) is 17.3 Å². The predicted molar refractivity (Wildman–Crippen MR) is 84.7 cm³/mol. The molecule has 8 heteroatoms. The maximum absolute atomic E-state index is 12.1. The van der Waals surface area contributed by atoms with Crippen LogP contribution in [0, 0.1) is 0 Å². The number of aromatic amines is 1. The molecular weight excluding hydrogens is 312 g/mol. The molecule has 0 aliphatic rings.